The summed E-state index contributed by atoms with van der Waals surface area (Å²) in [7, 11) is 0.229. The van der Waals surface area contributed by atoms with Gasteiger partial charge in [-0.05, 0) is 30.3 Å². The van der Waals surface area contributed by atoms with Crippen molar-refractivity contribution in [1.29, 1.82) is 0 Å². The first-order valence-corrected chi connectivity index (χ1v) is 5.55. The summed E-state index contributed by atoms with van der Waals surface area (Å²) in [5.74, 6) is 0.739. The first kappa shape index (κ1) is 9.79. The van der Waals surface area contributed by atoms with Crippen LogP contribution >= 0.6 is 19.0 Å². The molecule has 4 heteroatoms. The Kier molecular flexibility index (Phi) is 3.80. The van der Waals surface area contributed by atoms with Gasteiger partial charge in [-0.25, -0.2) is 0 Å². The highest BCUT2D eigenvalue weighted by Gasteiger charge is 2.04. The van der Waals surface area contributed by atoms with Crippen LogP contribution in [-0.2, 0) is 4.52 Å². The van der Waals surface area contributed by atoms with Crippen LogP contribution in [0.2, 0.25) is 0 Å². The molecule has 1 aromatic rings. The summed E-state index contributed by atoms with van der Waals surface area (Å²) in [6, 6.07) is 7.66. The maximum absolute atomic E-state index is 5.66. The zero-order valence-corrected chi connectivity index (χ0v) is 8.60. The Labute approximate surface area is 78.2 Å². The van der Waals surface area contributed by atoms with E-state index in [2.05, 4.69) is 0 Å². The number of aryl methyl sites for hydroxylation is 1. The van der Waals surface area contributed by atoms with Gasteiger partial charge >= 0.3 is 7.73 Å². The van der Waals surface area contributed by atoms with Gasteiger partial charge in [0.1, 0.15) is 5.75 Å². The lowest BCUT2D eigenvalue weighted by Gasteiger charge is -2.07. The van der Waals surface area contributed by atoms with Gasteiger partial charge in [0.2, 0.25) is 0 Å². The van der Waals surface area contributed by atoms with Crippen molar-refractivity contribution in [1.82, 2.24) is 0 Å². The average Bonchev–Trinajstić information content (AvgIpc) is 2.09. The van der Waals surface area contributed by atoms with E-state index < -0.39 is 7.73 Å². The maximum Gasteiger partial charge on any atom is 0.338 e. The number of hydrogen-bond acceptors (Lipinski definition) is 2. The maximum atomic E-state index is 5.66. The Morgan fingerprint density at radius 1 is 1.25 bits per heavy atom. The highest BCUT2D eigenvalue weighted by atomic mass is 35.7. The summed E-state index contributed by atoms with van der Waals surface area (Å²) >= 11 is 5.66. The predicted molar refractivity (Wildman–Crippen MR) is 51.6 cm³/mol. The quantitative estimate of drug-likeness (QED) is 0.702. The van der Waals surface area contributed by atoms with Gasteiger partial charge in [0, 0.05) is 7.11 Å². The molecule has 0 fully saturated rings. The van der Waals surface area contributed by atoms with E-state index in [-0.39, 0.29) is 0 Å². The highest BCUT2D eigenvalue weighted by molar-refractivity contribution is 7.76. The molecule has 66 valence electrons. The second-order valence-electron chi connectivity index (χ2n) is 2.30. The number of rotatable bonds is 3. The second-order valence-corrected chi connectivity index (χ2v) is 4.10. The monoisotopic (exact) mass is 204 g/mol. The van der Waals surface area contributed by atoms with Gasteiger partial charge in [-0.1, -0.05) is 17.7 Å². The largest absolute Gasteiger partial charge is 0.436 e. The van der Waals surface area contributed by atoms with Crippen LogP contribution in [0.25, 0.3) is 0 Å². The summed E-state index contributed by atoms with van der Waals surface area (Å²) < 4.78 is 10.0. The lowest BCUT2D eigenvalue weighted by molar-refractivity contribution is 0.410. The molecule has 1 rings (SSSR count). The van der Waals surface area contributed by atoms with E-state index in [0.717, 1.165) is 5.75 Å². The van der Waals surface area contributed by atoms with Crippen molar-refractivity contribution in [3.05, 3.63) is 29.8 Å². The van der Waals surface area contributed by atoms with Crippen molar-refractivity contribution in [3.63, 3.8) is 0 Å². The fraction of sp³-hybridized carbons (Fsp3) is 0.250. The van der Waals surface area contributed by atoms with Crippen molar-refractivity contribution >= 4 is 19.0 Å². The second kappa shape index (κ2) is 4.66. The molecular weight excluding hydrogens is 195 g/mol. The van der Waals surface area contributed by atoms with Crippen LogP contribution in [-0.4, -0.2) is 7.11 Å². The molecule has 1 atom stereocenters. The highest BCUT2D eigenvalue weighted by Crippen LogP contribution is 2.43. The molecule has 0 amide bonds. The topological polar surface area (TPSA) is 18.5 Å². The first-order valence-electron chi connectivity index (χ1n) is 3.47. The van der Waals surface area contributed by atoms with Crippen LogP contribution in [0.3, 0.4) is 0 Å². The molecule has 1 aromatic carbocycles. The first-order chi connectivity index (χ1) is 5.72. The molecule has 0 spiro atoms. The molecule has 0 heterocycles. The molecule has 0 bridgehead atoms. The van der Waals surface area contributed by atoms with E-state index in [4.69, 9.17) is 20.3 Å². The van der Waals surface area contributed by atoms with Crippen molar-refractivity contribution in [2.75, 3.05) is 7.11 Å². The Balaban J connectivity index is 2.58. The Bertz CT molecular complexity index is 237. The van der Waals surface area contributed by atoms with Crippen LogP contribution in [0.15, 0.2) is 24.3 Å². The predicted octanol–water partition coefficient (Wildman–Crippen LogP) is 3.49. The standard InChI is InChI=1S/C8H10ClO2P/c1-7-3-5-8(6-4-7)11-12(9)10-2/h3-6H,1-2H3. The lowest BCUT2D eigenvalue weighted by Crippen LogP contribution is -1.83. The fourth-order valence-electron chi connectivity index (χ4n) is 0.719. The van der Waals surface area contributed by atoms with Crippen molar-refractivity contribution < 1.29 is 9.05 Å². The summed E-state index contributed by atoms with van der Waals surface area (Å²) in [5, 5.41) is 0. The Hall–Kier alpha value is -0.300. The lowest BCUT2D eigenvalue weighted by atomic mass is 10.2. The van der Waals surface area contributed by atoms with E-state index in [9.17, 15) is 0 Å². The molecule has 0 aliphatic carbocycles. The van der Waals surface area contributed by atoms with Crippen molar-refractivity contribution in [3.8, 4) is 5.75 Å². The van der Waals surface area contributed by atoms with Gasteiger partial charge in [0.15, 0.2) is 0 Å². The zero-order valence-electron chi connectivity index (χ0n) is 6.95. The molecule has 2 nitrogen and oxygen atoms in total. The fourth-order valence-corrected chi connectivity index (χ4v) is 1.32. The van der Waals surface area contributed by atoms with Gasteiger partial charge < -0.3 is 9.05 Å². The van der Waals surface area contributed by atoms with Crippen molar-refractivity contribution in [2.45, 2.75) is 6.92 Å². The van der Waals surface area contributed by atoms with Gasteiger partial charge in [0.25, 0.3) is 0 Å². The number of benzene rings is 1. The smallest absolute Gasteiger partial charge is 0.338 e. The zero-order chi connectivity index (χ0) is 8.97. The molecule has 0 radical (unpaired) electrons. The molecule has 0 saturated carbocycles. The van der Waals surface area contributed by atoms with Gasteiger partial charge in [-0.3, -0.25) is 0 Å². The number of hydrogen-bond donors (Lipinski definition) is 0. The molecule has 1 unspecified atom stereocenters. The summed E-state index contributed by atoms with van der Waals surface area (Å²) in [6.45, 7) is 2.02. The normalized spacial score (nSPS) is 12.6. The molecule has 12 heavy (non-hydrogen) atoms. The van der Waals surface area contributed by atoms with Gasteiger partial charge in [-0.2, -0.15) is 0 Å². The van der Waals surface area contributed by atoms with Crippen LogP contribution in [0.4, 0.5) is 0 Å². The van der Waals surface area contributed by atoms with Crippen LogP contribution < -0.4 is 4.52 Å². The van der Waals surface area contributed by atoms with Crippen LogP contribution in [0.1, 0.15) is 5.56 Å². The van der Waals surface area contributed by atoms with E-state index in [0.29, 0.717) is 0 Å². The van der Waals surface area contributed by atoms with Gasteiger partial charge in [0.05, 0.1) is 0 Å². The molecule has 0 aromatic heterocycles. The molecule has 0 saturated heterocycles. The Morgan fingerprint density at radius 2 is 1.83 bits per heavy atom. The van der Waals surface area contributed by atoms with E-state index in [1.54, 1.807) is 0 Å². The number of halogens is 1. The summed E-state index contributed by atoms with van der Waals surface area (Å²) in [6.07, 6.45) is 0. The minimum atomic E-state index is -1.29. The third kappa shape index (κ3) is 2.98. The minimum Gasteiger partial charge on any atom is -0.436 e. The molecule has 0 aliphatic heterocycles. The Morgan fingerprint density at radius 3 is 2.33 bits per heavy atom. The third-order valence-electron chi connectivity index (χ3n) is 1.34. The summed E-state index contributed by atoms with van der Waals surface area (Å²) in [5.41, 5.74) is 1.19. The molecule has 0 aliphatic rings. The van der Waals surface area contributed by atoms with Crippen LogP contribution in [0.5, 0.6) is 5.75 Å². The molecular formula is C8H10ClO2P. The van der Waals surface area contributed by atoms with E-state index >= 15 is 0 Å². The van der Waals surface area contributed by atoms with Gasteiger partial charge in [-0.15, -0.1) is 0 Å². The SMILES string of the molecule is COP(Cl)Oc1ccc(C)cc1. The third-order valence-corrected chi connectivity index (χ3v) is 2.60. The molecule has 0 N–H and O–H groups in total. The van der Waals surface area contributed by atoms with E-state index in [1.807, 2.05) is 31.2 Å². The minimum absolute atomic E-state index is 0.739. The van der Waals surface area contributed by atoms with Crippen molar-refractivity contribution in [2.24, 2.45) is 0 Å². The summed E-state index contributed by atoms with van der Waals surface area (Å²) in [4.78, 5) is 0. The van der Waals surface area contributed by atoms with E-state index in [1.165, 1.54) is 12.7 Å². The average molecular weight is 205 g/mol. The van der Waals surface area contributed by atoms with Crippen LogP contribution in [0, 0.1) is 6.92 Å².